The average Bonchev–Trinajstić information content (AvgIpc) is 3.01. The zero-order chi connectivity index (χ0) is 19.6. The highest BCUT2D eigenvalue weighted by Gasteiger charge is 2.54. The van der Waals surface area contributed by atoms with E-state index in [2.05, 4.69) is 51.2 Å². The van der Waals surface area contributed by atoms with E-state index >= 15 is 0 Å². The van der Waals surface area contributed by atoms with E-state index in [1.165, 1.54) is 0 Å². The van der Waals surface area contributed by atoms with Crippen LogP contribution in [-0.2, 0) is 22.4 Å². The molecule has 0 N–H and O–H groups in total. The highest BCUT2D eigenvalue weighted by atomic mass is 19.1. The molecule has 0 saturated carbocycles. The summed E-state index contributed by atoms with van der Waals surface area (Å²) in [6.07, 6.45) is 3.85. The molecule has 0 aromatic carbocycles. The standard InChI is InChI=1S/C20H29BFN3O2/c1-13-11-14(22)7-8-15(13)18-17(16-12-24(6)9-10-25(16)23-18)21-26-19(2,3)20(4,5)27-21/h7-8,13H,9-12H2,1-6H3. The zero-order valence-corrected chi connectivity index (χ0v) is 17.2. The quantitative estimate of drug-likeness (QED) is 0.748. The van der Waals surface area contributed by atoms with Crippen molar-refractivity contribution >= 4 is 18.2 Å². The third-order valence-electron chi connectivity index (χ3n) is 6.45. The van der Waals surface area contributed by atoms with E-state index in [9.17, 15) is 4.39 Å². The fourth-order valence-corrected chi connectivity index (χ4v) is 4.01. The van der Waals surface area contributed by atoms with Crippen LogP contribution in [0.2, 0.25) is 0 Å². The van der Waals surface area contributed by atoms with Gasteiger partial charge in [-0.25, -0.2) is 4.39 Å². The maximum atomic E-state index is 13.7. The maximum Gasteiger partial charge on any atom is 0.499 e. The lowest BCUT2D eigenvalue weighted by Gasteiger charge is -2.32. The van der Waals surface area contributed by atoms with Gasteiger partial charge in [-0.2, -0.15) is 5.10 Å². The van der Waals surface area contributed by atoms with E-state index in [1.807, 2.05) is 6.08 Å². The third-order valence-corrected chi connectivity index (χ3v) is 6.45. The molecule has 5 nitrogen and oxygen atoms in total. The second kappa shape index (κ2) is 6.29. The Balaban J connectivity index is 1.84. The van der Waals surface area contributed by atoms with E-state index < -0.39 is 18.3 Å². The van der Waals surface area contributed by atoms with Gasteiger partial charge in [0.15, 0.2) is 0 Å². The first-order valence-corrected chi connectivity index (χ1v) is 9.79. The molecule has 27 heavy (non-hydrogen) atoms. The Morgan fingerprint density at radius 2 is 1.81 bits per heavy atom. The molecule has 0 bridgehead atoms. The summed E-state index contributed by atoms with van der Waals surface area (Å²) >= 11 is 0. The van der Waals surface area contributed by atoms with Crippen molar-refractivity contribution in [1.29, 1.82) is 0 Å². The van der Waals surface area contributed by atoms with Gasteiger partial charge in [0.2, 0.25) is 0 Å². The normalized spacial score (nSPS) is 27.4. The van der Waals surface area contributed by atoms with E-state index in [4.69, 9.17) is 14.4 Å². The SMILES string of the molecule is CC1CC(F)=CC=C1c1nn2c(c1B1OC(C)(C)C(C)(C)O1)CN(C)CC2. The smallest absolute Gasteiger partial charge is 0.399 e. The molecule has 3 heterocycles. The molecule has 0 spiro atoms. The van der Waals surface area contributed by atoms with Crippen LogP contribution in [-0.4, -0.2) is 46.6 Å². The van der Waals surface area contributed by atoms with Gasteiger partial charge in [0.25, 0.3) is 0 Å². The highest BCUT2D eigenvalue weighted by Crippen LogP contribution is 2.39. The van der Waals surface area contributed by atoms with Gasteiger partial charge >= 0.3 is 7.12 Å². The predicted octanol–water partition coefficient (Wildman–Crippen LogP) is 2.90. The van der Waals surface area contributed by atoms with Crippen molar-refractivity contribution < 1.29 is 13.7 Å². The molecule has 1 aromatic rings. The maximum absolute atomic E-state index is 13.7. The van der Waals surface area contributed by atoms with Crippen LogP contribution >= 0.6 is 0 Å². The number of aromatic nitrogens is 2. The molecule has 0 radical (unpaired) electrons. The number of fused-ring (bicyclic) bond motifs is 1. The molecular formula is C20H29BFN3O2. The van der Waals surface area contributed by atoms with Crippen molar-refractivity contribution in [3.05, 3.63) is 29.4 Å². The molecule has 7 heteroatoms. The molecular weight excluding hydrogens is 344 g/mol. The monoisotopic (exact) mass is 373 g/mol. The Hall–Kier alpha value is -1.44. The van der Waals surface area contributed by atoms with Gasteiger partial charge in [-0.1, -0.05) is 13.0 Å². The molecule has 4 rings (SSSR count). The van der Waals surface area contributed by atoms with Crippen molar-refractivity contribution in [3.8, 4) is 0 Å². The van der Waals surface area contributed by atoms with Gasteiger partial charge in [-0.3, -0.25) is 9.58 Å². The summed E-state index contributed by atoms with van der Waals surface area (Å²) in [4.78, 5) is 2.29. The fourth-order valence-electron chi connectivity index (χ4n) is 4.01. The lowest BCUT2D eigenvalue weighted by atomic mass is 9.73. The number of allylic oxidation sites excluding steroid dienone is 4. The molecule has 1 fully saturated rings. The summed E-state index contributed by atoms with van der Waals surface area (Å²) in [6, 6.07) is 0. The first-order valence-electron chi connectivity index (χ1n) is 9.79. The minimum absolute atomic E-state index is 0.0749. The number of nitrogens with zero attached hydrogens (tertiary/aromatic N) is 3. The highest BCUT2D eigenvalue weighted by molar-refractivity contribution is 6.63. The molecule has 1 saturated heterocycles. The van der Waals surface area contributed by atoms with E-state index in [0.29, 0.717) is 6.42 Å². The largest absolute Gasteiger partial charge is 0.499 e. The van der Waals surface area contributed by atoms with E-state index in [-0.39, 0.29) is 11.7 Å². The minimum Gasteiger partial charge on any atom is -0.399 e. The summed E-state index contributed by atoms with van der Waals surface area (Å²) in [7, 11) is 1.65. The van der Waals surface area contributed by atoms with Gasteiger partial charge in [0.05, 0.1) is 29.1 Å². The second-order valence-electron chi connectivity index (χ2n) is 9.10. The molecule has 1 aliphatic carbocycles. The molecule has 1 aromatic heterocycles. The first-order chi connectivity index (χ1) is 12.6. The van der Waals surface area contributed by atoms with Crippen LogP contribution in [0.3, 0.4) is 0 Å². The molecule has 2 aliphatic heterocycles. The number of halogens is 1. The van der Waals surface area contributed by atoms with Crippen molar-refractivity contribution in [1.82, 2.24) is 14.7 Å². The summed E-state index contributed by atoms with van der Waals surface area (Å²) in [6.45, 7) is 12.9. The van der Waals surface area contributed by atoms with Gasteiger partial charge in [-0.15, -0.1) is 0 Å². The van der Waals surface area contributed by atoms with E-state index in [1.54, 1.807) is 6.08 Å². The lowest BCUT2D eigenvalue weighted by molar-refractivity contribution is 0.00578. The van der Waals surface area contributed by atoms with Gasteiger partial charge < -0.3 is 9.31 Å². The molecule has 146 valence electrons. The second-order valence-corrected chi connectivity index (χ2v) is 9.10. The van der Waals surface area contributed by atoms with Gasteiger partial charge in [-0.05, 0) is 52.3 Å². The van der Waals surface area contributed by atoms with Crippen molar-refractivity contribution in [2.45, 2.75) is 65.3 Å². The van der Waals surface area contributed by atoms with Crippen LogP contribution in [0.25, 0.3) is 5.57 Å². The fraction of sp³-hybridized carbons (Fsp3) is 0.650. The number of hydrogen-bond donors (Lipinski definition) is 0. The lowest BCUT2D eigenvalue weighted by Crippen LogP contribution is -2.42. The Bertz CT molecular complexity index is 811. The topological polar surface area (TPSA) is 39.5 Å². The van der Waals surface area contributed by atoms with Crippen LogP contribution in [0.1, 0.15) is 52.4 Å². The number of rotatable bonds is 2. The predicted molar refractivity (Wildman–Crippen MR) is 105 cm³/mol. The molecule has 1 atom stereocenters. The molecule has 0 amide bonds. The van der Waals surface area contributed by atoms with Crippen LogP contribution in [0.15, 0.2) is 18.0 Å². The van der Waals surface area contributed by atoms with Crippen molar-refractivity contribution in [2.75, 3.05) is 13.6 Å². The average molecular weight is 373 g/mol. The first kappa shape index (κ1) is 18.9. The number of hydrogen-bond acceptors (Lipinski definition) is 4. The van der Waals surface area contributed by atoms with Crippen LogP contribution in [0.5, 0.6) is 0 Å². The Kier molecular flexibility index (Phi) is 4.41. The van der Waals surface area contributed by atoms with Gasteiger partial charge in [0.1, 0.15) is 5.83 Å². The zero-order valence-electron chi connectivity index (χ0n) is 17.2. The van der Waals surface area contributed by atoms with Crippen LogP contribution < -0.4 is 5.46 Å². The minimum atomic E-state index is -0.468. The molecule has 1 unspecified atom stereocenters. The summed E-state index contributed by atoms with van der Waals surface area (Å²) < 4.78 is 28.6. The van der Waals surface area contributed by atoms with Crippen molar-refractivity contribution in [2.24, 2.45) is 5.92 Å². The Morgan fingerprint density at radius 3 is 2.44 bits per heavy atom. The third kappa shape index (κ3) is 3.10. The van der Waals surface area contributed by atoms with Crippen LogP contribution in [0.4, 0.5) is 4.39 Å². The Morgan fingerprint density at radius 1 is 1.15 bits per heavy atom. The summed E-state index contributed by atoms with van der Waals surface area (Å²) in [5.74, 6) is -0.00186. The Labute approximate surface area is 161 Å². The number of likely N-dealkylation sites (N-methyl/N-ethyl adjacent to an activating group) is 1. The molecule has 3 aliphatic rings. The van der Waals surface area contributed by atoms with Crippen molar-refractivity contribution in [3.63, 3.8) is 0 Å². The van der Waals surface area contributed by atoms with Crippen LogP contribution in [0, 0.1) is 5.92 Å². The summed E-state index contributed by atoms with van der Waals surface area (Å²) in [5, 5.41) is 4.93. The van der Waals surface area contributed by atoms with Gasteiger partial charge in [0, 0.05) is 25.0 Å². The summed E-state index contributed by atoms with van der Waals surface area (Å²) in [5.41, 5.74) is 3.28. The van der Waals surface area contributed by atoms with E-state index in [0.717, 1.165) is 42.1 Å².